The maximum Gasteiger partial charge on any atom is 0.317 e. The molecule has 2 heterocycles. The van der Waals surface area contributed by atoms with E-state index >= 15 is 0 Å². The van der Waals surface area contributed by atoms with Crippen LogP contribution in [0.2, 0.25) is 0 Å². The van der Waals surface area contributed by atoms with E-state index in [0.29, 0.717) is 39.1 Å². The molecule has 1 saturated heterocycles. The van der Waals surface area contributed by atoms with Crippen LogP contribution < -0.4 is 5.32 Å². The van der Waals surface area contributed by atoms with Crippen LogP contribution in [0.5, 0.6) is 0 Å². The molecule has 140 valence electrons. The van der Waals surface area contributed by atoms with Gasteiger partial charge in [-0.05, 0) is 24.6 Å². The van der Waals surface area contributed by atoms with E-state index in [-0.39, 0.29) is 12.5 Å². The molecule has 7 nitrogen and oxygen atoms in total. The molecule has 2 N–H and O–H groups in total. The van der Waals surface area contributed by atoms with Crippen molar-refractivity contribution < 1.29 is 14.7 Å². The van der Waals surface area contributed by atoms with Crippen LogP contribution in [0.15, 0.2) is 30.3 Å². The summed E-state index contributed by atoms with van der Waals surface area (Å²) in [5.41, 5.74) is 2.32. The number of hydrogen-bond acceptors (Lipinski definition) is 4. The molecule has 0 aliphatic carbocycles. The van der Waals surface area contributed by atoms with Gasteiger partial charge in [0.05, 0.1) is 6.54 Å². The quantitative estimate of drug-likeness (QED) is 0.772. The summed E-state index contributed by atoms with van der Waals surface area (Å²) in [4.78, 5) is 27.1. The molecule has 1 fully saturated rings. The normalized spacial score (nSPS) is 15.5. The molecule has 3 rings (SSSR count). The van der Waals surface area contributed by atoms with Crippen molar-refractivity contribution in [3.8, 4) is 0 Å². The first-order valence-electron chi connectivity index (χ1n) is 9.02. The smallest absolute Gasteiger partial charge is 0.317 e. The molecule has 0 unspecified atom stereocenters. The third-order valence-electron chi connectivity index (χ3n) is 4.89. The van der Waals surface area contributed by atoms with Gasteiger partial charge >= 0.3 is 5.97 Å². The molecule has 0 spiro atoms. The Labute approximate surface area is 153 Å². The van der Waals surface area contributed by atoms with E-state index in [1.165, 1.54) is 11.1 Å². The summed E-state index contributed by atoms with van der Waals surface area (Å²) >= 11 is 0. The number of carboxylic acids is 1. The monoisotopic (exact) mass is 358 g/mol. The highest BCUT2D eigenvalue weighted by molar-refractivity contribution is 5.82. The van der Waals surface area contributed by atoms with Crippen molar-refractivity contribution in [2.75, 3.05) is 39.8 Å². The number of fused-ring (bicyclic) bond motifs is 1. The van der Waals surface area contributed by atoms with Crippen molar-refractivity contribution in [1.82, 2.24) is 19.7 Å². The molecule has 0 bridgehead atoms. The average molecular weight is 358 g/mol. The Balaban J connectivity index is 1.61. The molecule has 1 amide bonds. The Hall–Kier alpha value is -2.38. The molecule has 1 aliphatic rings. The van der Waals surface area contributed by atoms with Crippen LogP contribution in [0.3, 0.4) is 0 Å². The summed E-state index contributed by atoms with van der Waals surface area (Å²) in [5, 5.41) is 13.2. The first-order valence-corrected chi connectivity index (χ1v) is 9.02. The van der Waals surface area contributed by atoms with Crippen LogP contribution in [-0.4, -0.2) is 71.1 Å². The number of carboxylic acid groups (broad SMARTS) is 1. The molecule has 1 aromatic heterocycles. The minimum atomic E-state index is -0.818. The molecule has 0 saturated carbocycles. The summed E-state index contributed by atoms with van der Waals surface area (Å²) in [6.07, 6.45) is 0.453. The summed E-state index contributed by atoms with van der Waals surface area (Å²) in [6.45, 7) is 3.90. The average Bonchev–Trinajstić information content (AvgIpc) is 2.97. The first-order chi connectivity index (χ1) is 12.6. The zero-order chi connectivity index (χ0) is 18.5. The number of nitrogens with one attached hydrogen (secondary N) is 1. The van der Waals surface area contributed by atoms with Gasteiger partial charge in [0.25, 0.3) is 0 Å². The number of carbonyl (C=O) groups excluding carboxylic acids is 1. The minimum Gasteiger partial charge on any atom is -0.480 e. The molecular formula is C19H26N4O3. The highest BCUT2D eigenvalue weighted by Gasteiger charge is 2.22. The number of nitrogens with zero attached hydrogens (tertiary/aromatic N) is 3. The Bertz CT molecular complexity index is 778. The second-order valence-corrected chi connectivity index (χ2v) is 6.68. The maximum atomic E-state index is 12.6. The lowest BCUT2D eigenvalue weighted by Gasteiger charge is -2.34. The van der Waals surface area contributed by atoms with Crippen molar-refractivity contribution in [3.05, 3.63) is 36.0 Å². The number of aromatic nitrogens is 1. The molecule has 1 aliphatic heterocycles. The first kappa shape index (κ1) is 18.4. The number of hydrogen-bond donors (Lipinski definition) is 2. The predicted molar refractivity (Wildman–Crippen MR) is 100.0 cm³/mol. The predicted octanol–water partition coefficient (Wildman–Crippen LogP) is 0.980. The SMILES string of the molecule is CNCc1cc2ccccc2n1CCC(=O)N1CCN(CC(=O)O)CC1. The van der Waals surface area contributed by atoms with Gasteiger partial charge in [-0.15, -0.1) is 0 Å². The van der Waals surface area contributed by atoms with Crippen molar-refractivity contribution in [1.29, 1.82) is 0 Å². The number of piperazine rings is 1. The standard InChI is InChI=1S/C19H26N4O3/c1-20-13-16-12-15-4-2-3-5-17(15)23(16)7-6-18(24)22-10-8-21(9-11-22)14-19(25)26/h2-5,12,20H,6-11,13-14H2,1H3,(H,25,26). The zero-order valence-electron chi connectivity index (χ0n) is 15.1. The summed E-state index contributed by atoms with van der Waals surface area (Å²) < 4.78 is 2.21. The minimum absolute atomic E-state index is 0.0464. The van der Waals surface area contributed by atoms with Crippen molar-refractivity contribution in [2.45, 2.75) is 19.5 Å². The van der Waals surface area contributed by atoms with Crippen LogP contribution in [0.25, 0.3) is 10.9 Å². The van der Waals surface area contributed by atoms with E-state index in [1.54, 1.807) is 0 Å². The van der Waals surface area contributed by atoms with Gasteiger partial charge in [0.2, 0.25) is 5.91 Å². The van der Waals surface area contributed by atoms with Crippen LogP contribution in [-0.2, 0) is 22.7 Å². The molecule has 2 aromatic rings. The Morgan fingerprint density at radius 1 is 1.15 bits per heavy atom. The van der Waals surface area contributed by atoms with Gasteiger partial charge in [-0.2, -0.15) is 0 Å². The summed E-state index contributed by atoms with van der Waals surface area (Å²) in [5.74, 6) is -0.686. The molecule has 0 atom stereocenters. The zero-order valence-corrected chi connectivity index (χ0v) is 15.1. The third-order valence-corrected chi connectivity index (χ3v) is 4.89. The lowest BCUT2D eigenvalue weighted by Crippen LogP contribution is -2.50. The van der Waals surface area contributed by atoms with Crippen LogP contribution in [0.4, 0.5) is 0 Å². The molecule has 7 heteroatoms. The molecular weight excluding hydrogens is 332 g/mol. The van der Waals surface area contributed by atoms with Crippen molar-refractivity contribution in [3.63, 3.8) is 0 Å². The highest BCUT2D eigenvalue weighted by atomic mass is 16.4. The second-order valence-electron chi connectivity index (χ2n) is 6.68. The lowest BCUT2D eigenvalue weighted by molar-refractivity contribution is -0.139. The van der Waals surface area contributed by atoms with Gasteiger partial charge < -0.3 is 19.9 Å². The van der Waals surface area contributed by atoms with Gasteiger partial charge in [-0.3, -0.25) is 14.5 Å². The third kappa shape index (κ3) is 4.23. The van der Waals surface area contributed by atoms with Gasteiger partial charge in [0.15, 0.2) is 0 Å². The van der Waals surface area contributed by atoms with Gasteiger partial charge in [0, 0.05) is 56.9 Å². The maximum absolute atomic E-state index is 12.6. The number of aryl methyl sites for hydroxylation is 1. The second kappa shape index (κ2) is 8.33. The van der Waals surface area contributed by atoms with E-state index in [4.69, 9.17) is 5.11 Å². The van der Waals surface area contributed by atoms with Crippen molar-refractivity contribution >= 4 is 22.8 Å². The number of benzene rings is 1. The summed E-state index contributed by atoms with van der Waals surface area (Å²) in [6, 6.07) is 10.4. The number of aliphatic carboxylic acids is 1. The van der Waals surface area contributed by atoms with E-state index in [9.17, 15) is 9.59 Å². The Morgan fingerprint density at radius 3 is 2.58 bits per heavy atom. The van der Waals surface area contributed by atoms with Crippen molar-refractivity contribution in [2.24, 2.45) is 0 Å². The number of amides is 1. The largest absolute Gasteiger partial charge is 0.480 e. The van der Waals surface area contributed by atoms with E-state index in [0.717, 1.165) is 12.1 Å². The van der Waals surface area contributed by atoms with Gasteiger partial charge in [-0.1, -0.05) is 18.2 Å². The van der Waals surface area contributed by atoms with Crippen LogP contribution >= 0.6 is 0 Å². The van der Waals surface area contributed by atoms with Gasteiger partial charge in [0.1, 0.15) is 0 Å². The van der Waals surface area contributed by atoms with E-state index < -0.39 is 5.97 Å². The Kier molecular flexibility index (Phi) is 5.90. The fraction of sp³-hybridized carbons (Fsp3) is 0.474. The molecule has 0 radical (unpaired) electrons. The Morgan fingerprint density at radius 2 is 1.88 bits per heavy atom. The number of para-hydroxylation sites is 1. The molecule has 1 aromatic carbocycles. The summed E-state index contributed by atoms with van der Waals surface area (Å²) in [7, 11) is 1.92. The van der Waals surface area contributed by atoms with Crippen LogP contribution in [0.1, 0.15) is 12.1 Å². The molecule has 26 heavy (non-hydrogen) atoms. The number of rotatable bonds is 7. The topological polar surface area (TPSA) is 77.8 Å². The highest BCUT2D eigenvalue weighted by Crippen LogP contribution is 2.20. The number of carbonyl (C=O) groups is 2. The van der Waals surface area contributed by atoms with E-state index in [1.807, 2.05) is 29.0 Å². The fourth-order valence-corrected chi connectivity index (χ4v) is 3.57. The van der Waals surface area contributed by atoms with Crippen LogP contribution in [0, 0.1) is 0 Å². The fourth-order valence-electron chi connectivity index (χ4n) is 3.57. The van der Waals surface area contributed by atoms with E-state index in [2.05, 4.69) is 28.1 Å². The van der Waals surface area contributed by atoms with Gasteiger partial charge in [-0.25, -0.2) is 0 Å². The lowest BCUT2D eigenvalue weighted by atomic mass is 10.2.